The molecule has 14 heavy (non-hydrogen) atoms. The van der Waals surface area contributed by atoms with Gasteiger partial charge in [0.25, 0.3) is 0 Å². The highest BCUT2D eigenvalue weighted by Gasteiger charge is 2.21. The van der Waals surface area contributed by atoms with Crippen molar-refractivity contribution in [3.8, 4) is 0 Å². The highest BCUT2D eigenvalue weighted by Crippen LogP contribution is 2.35. The Kier molecular flexibility index (Phi) is 3.14. The van der Waals surface area contributed by atoms with Gasteiger partial charge in [0.15, 0.2) is 5.22 Å². The molecule has 1 fully saturated rings. The van der Waals surface area contributed by atoms with Crippen molar-refractivity contribution >= 4 is 11.6 Å². The summed E-state index contributed by atoms with van der Waals surface area (Å²) in [5.74, 6) is 0.663. The summed E-state index contributed by atoms with van der Waals surface area (Å²) >= 11 is 5.79. The van der Waals surface area contributed by atoms with Crippen molar-refractivity contribution in [2.24, 2.45) is 5.92 Å². The van der Waals surface area contributed by atoms with E-state index in [2.05, 4.69) is 0 Å². The minimum absolute atomic E-state index is 0.329. The lowest BCUT2D eigenvalue weighted by molar-refractivity contribution is 0.144. The fraction of sp³-hybridized carbons (Fsp3) is 0.636. The predicted molar refractivity (Wildman–Crippen MR) is 55.3 cm³/mol. The zero-order valence-electron chi connectivity index (χ0n) is 8.08. The molecule has 1 saturated carbocycles. The van der Waals surface area contributed by atoms with Crippen LogP contribution in [0, 0.1) is 5.92 Å². The zero-order valence-corrected chi connectivity index (χ0v) is 8.83. The molecule has 1 atom stereocenters. The molecule has 1 aromatic heterocycles. The first-order valence-electron chi connectivity index (χ1n) is 5.18. The molecule has 1 unspecified atom stereocenters. The summed E-state index contributed by atoms with van der Waals surface area (Å²) in [4.78, 5) is 0. The van der Waals surface area contributed by atoms with Crippen LogP contribution in [-0.4, -0.2) is 5.11 Å². The van der Waals surface area contributed by atoms with Crippen molar-refractivity contribution in [3.63, 3.8) is 0 Å². The van der Waals surface area contributed by atoms with Crippen LogP contribution in [0.1, 0.15) is 43.8 Å². The summed E-state index contributed by atoms with van der Waals surface area (Å²) in [6, 6.07) is 1.75. The van der Waals surface area contributed by atoms with Gasteiger partial charge in [0.2, 0.25) is 0 Å². The maximum atomic E-state index is 9.91. The van der Waals surface area contributed by atoms with Crippen LogP contribution in [0.2, 0.25) is 5.22 Å². The summed E-state index contributed by atoms with van der Waals surface area (Å²) in [6.07, 6.45) is 6.98. The van der Waals surface area contributed by atoms with E-state index in [4.69, 9.17) is 16.0 Å². The molecule has 0 saturated heterocycles. The molecule has 1 N–H and O–H groups in total. The third kappa shape index (κ3) is 2.12. The monoisotopic (exact) mass is 214 g/mol. The second kappa shape index (κ2) is 4.37. The molecule has 1 aliphatic carbocycles. The molecule has 0 radical (unpaired) electrons. The Labute approximate surface area is 88.9 Å². The normalized spacial score (nSPS) is 20.1. The maximum absolute atomic E-state index is 9.91. The summed E-state index contributed by atoms with van der Waals surface area (Å²) in [6.45, 7) is 0. The first kappa shape index (κ1) is 10.1. The summed E-state index contributed by atoms with van der Waals surface area (Å²) in [5, 5.41) is 10.2. The number of aliphatic hydroxyl groups is 1. The Morgan fingerprint density at radius 3 is 2.79 bits per heavy atom. The minimum Gasteiger partial charge on any atom is -0.453 e. The fourth-order valence-electron chi connectivity index (χ4n) is 2.23. The van der Waals surface area contributed by atoms with Crippen molar-refractivity contribution in [2.75, 3.05) is 0 Å². The van der Waals surface area contributed by atoms with Gasteiger partial charge in [-0.2, -0.15) is 0 Å². The van der Waals surface area contributed by atoms with Gasteiger partial charge in [-0.1, -0.05) is 25.7 Å². The van der Waals surface area contributed by atoms with Crippen LogP contribution in [0.3, 0.4) is 0 Å². The van der Waals surface area contributed by atoms with E-state index >= 15 is 0 Å². The van der Waals surface area contributed by atoms with Crippen LogP contribution in [0.25, 0.3) is 0 Å². The molecule has 2 nitrogen and oxygen atoms in total. The van der Waals surface area contributed by atoms with Crippen LogP contribution in [0.5, 0.6) is 0 Å². The molecule has 0 aliphatic heterocycles. The number of hydrogen-bond acceptors (Lipinski definition) is 2. The molecule has 0 bridgehead atoms. The number of furan rings is 1. The Balaban J connectivity index is 1.95. The van der Waals surface area contributed by atoms with Crippen LogP contribution in [0.4, 0.5) is 0 Å². The summed E-state index contributed by atoms with van der Waals surface area (Å²) in [5.41, 5.74) is 0.735. The highest BCUT2D eigenvalue weighted by molar-refractivity contribution is 6.29. The lowest BCUT2D eigenvalue weighted by Crippen LogP contribution is -2.03. The molecule has 1 heterocycles. The first-order valence-corrected chi connectivity index (χ1v) is 5.56. The smallest absolute Gasteiger partial charge is 0.198 e. The second-order valence-corrected chi connectivity index (χ2v) is 4.39. The summed E-state index contributed by atoms with van der Waals surface area (Å²) < 4.78 is 4.96. The van der Waals surface area contributed by atoms with Gasteiger partial charge in [0, 0.05) is 5.56 Å². The topological polar surface area (TPSA) is 33.4 Å². The third-order valence-electron chi connectivity index (χ3n) is 3.04. The molecule has 2 rings (SSSR count). The van der Waals surface area contributed by atoms with Crippen molar-refractivity contribution in [3.05, 3.63) is 23.1 Å². The average molecular weight is 215 g/mol. The lowest BCUT2D eigenvalue weighted by atomic mass is 9.97. The number of hydrogen-bond donors (Lipinski definition) is 1. The average Bonchev–Trinajstić information content (AvgIpc) is 2.75. The molecule has 1 aliphatic rings. The van der Waals surface area contributed by atoms with Crippen LogP contribution >= 0.6 is 11.6 Å². The van der Waals surface area contributed by atoms with E-state index in [1.165, 1.54) is 31.9 Å². The predicted octanol–water partition coefficient (Wildman–Crippen LogP) is 3.55. The van der Waals surface area contributed by atoms with Crippen LogP contribution < -0.4 is 0 Å². The lowest BCUT2D eigenvalue weighted by Gasteiger charge is -2.13. The third-order valence-corrected chi connectivity index (χ3v) is 3.34. The number of halogens is 1. The van der Waals surface area contributed by atoms with Crippen molar-refractivity contribution < 1.29 is 9.52 Å². The van der Waals surface area contributed by atoms with Crippen molar-refractivity contribution in [1.82, 2.24) is 0 Å². The minimum atomic E-state index is -0.454. The largest absolute Gasteiger partial charge is 0.453 e. The van der Waals surface area contributed by atoms with E-state index in [1.807, 2.05) is 0 Å². The van der Waals surface area contributed by atoms with E-state index < -0.39 is 6.10 Å². The standard InChI is InChI=1S/C11H15ClO2/c12-11-9(5-6-14-11)10(13)7-8-3-1-2-4-8/h5-6,8,10,13H,1-4,7H2. The maximum Gasteiger partial charge on any atom is 0.198 e. The number of aliphatic hydroxyl groups excluding tert-OH is 1. The Bertz CT molecular complexity index is 289. The fourth-order valence-corrected chi connectivity index (χ4v) is 2.47. The van der Waals surface area contributed by atoms with Gasteiger partial charge in [-0.25, -0.2) is 0 Å². The van der Waals surface area contributed by atoms with E-state index in [0.717, 1.165) is 12.0 Å². The van der Waals surface area contributed by atoms with Crippen molar-refractivity contribution in [2.45, 2.75) is 38.2 Å². The Morgan fingerprint density at radius 2 is 2.21 bits per heavy atom. The van der Waals surface area contributed by atoms with Crippen molar-refractivity contribution in [1.29, 1.82) is 0 Å². The van der Waals surface area contributed by atoms with Gasteiger partial charge >= 0.3 is 0 Å². The van der Waals surface area contributed by atoms with E-state index in [9.17, 15) is 5.11 Å². The van der Waals surface area contributed by atoms with Crippen LogP contribution in [-0.2, 0) is 0 Å². The molecule has 3 heteroatoms. The van der Waals surface area contributed by atoms with E-state index in [0.29, 0.717) is 11.1 Å². The van der Waals surface area contributed by atoms with Gasteiger partial charge in [0.05, 0.1) is 12.4 Å². The quantitative estimate of drug-likeness (QED) is 0.835. The Hall–Kier alpha value is -0.470. The van der Waals surface area contributed by atoms with E-state index in [1.54, 1.807) is 6.07 Å². The molecule has 0 spiro atoms. The molecule has 1 aromatic rings. The van der Waals surface area contributed by atoms with Gasteiger partial charge in [-0.05, 0) is 30.0 Å². The SMILES string of the molecule is OC(CC1CCCC1)c1ccoc1Cl. The zero-order chi connectivity index (χ0) is 9.97. The number of rotatable bonds is 3. The van der Waals surface area contributed by atoms with Gasteiger partial charge in [-0.3, -0.25) is 0 Å². The van der Waals surface area contributed by atoms with Gasteiger partial charge in [-0.15, -0.1) is 0 Å². The molecule has 78 valence electrons. The van der Waals surface area contributed by atoms with E-state index in [-0.39, 0.29) is 0 Å². The highest BCUT2D eigenvalue weighted by atomic mass is 35.5. The molecular weight excluding hydrogens is 200 g/mol. The molecule has 0 amide bonds. The first-order chi connectivity index (χ1) is 6.77. The van der Waals surface area contributed by atoms with Gasteiger partial charge < -0.3 is 9.52 Å². The van der Waals surface area contributed by atoms with Crippen LogP contribution in [0.15, 0.2) is 16.7 Å². The summed E-state index contributed by atoms with van der Waals surface area (Å²) in [7, 11) is 0. The molecule has 0 aromatic carbocycles. The molecular formula is C11H15ClO2. The van der Waals surface area contributed by atoms with Gasteiger partial charge in [0.1, 0.15) is 0 Å². The second-order valence-electron chi connectivity index (χ2n) is 4.05. The Morgan fingerprint density at radius 1 is 1.50 bits per heavy atom.